The molecule has 0 aliphatic carbocycles. The molecule has 0 amide bonds. The zero-order valence-corrected chi connectivity index (χ0v) is 55.2. The highest BCUT2D eigenvalue weighted by molar-refractivity contribution is 5.90. The van der Waals surface area contributed by atoms with Gasteiger partial charge in [0, 0.05) is 38.5 Å². The van der Waals surface area contributed by atoms with E-state index in [1.807, 2.05) is 6.92 Å². The number of rotatable bonds is 46. The van der Waals surface area contributed by atoms with Gasteiger partial charge in [0.1, 0.15) is 11.3 Å². The van der Waals surface area contributed by atoms with Gasteiger partial charge >= 0.3 is 47.8 Å². The van der Waals surface area contributed by atoms with Gasteiger partial charge in [0.05, 0.1) is 5.41 Å². The Morgan fingerprint density at radius 2 is 0.471 bits per heavy atom. The number of para-hydroxylation sites is 1. The van der Waals surface area contributed by atoms with E-state index in [1.165, 1.54) is 160 Å². The molecule has 0 heterocycles. The molecule has 0 spiro atoms. The number of unbranched alkanes of at least 4 members (excludes halogenated alkanes) is 31. The van der Waals surface area contributed by atoms with E-state index in [0.29, 0.717) is 44.9 Å². The van der Waals surface area contributed by atoms with Gasteiger partial charge in [0.15, 0.2) is 0 Å². The van der Waals surface area contributed by atoms with Gasteiger partial charge in [0.2, 0.25) is 0 Å². The van der Waals surface area contributed by atoms with Crippen molar-refractivity contribution < 1.29 is 84.3 Å². The topological polar surface area (TPSA) is 319 Å². The fraction of sp³-hybridized carbons (Fsp3) is 0.794. The minimum atomic E-state index is -1.11. The summed E-state index contributed by atoms with van der Waals surface area (Å²) in [6, 6.07) is 5.81. The van der Waals surface area contributed by atoms with Crippen LogP contribution in [0.4, 0.5) is 0 Å². The van der Waals surface area contributed by atoms with Gasteiger partial charge in [0.25, 0.3) is 0 Å². The van der Waals surface area contributed by atoms with Gasteiger partial charge in [-0.2, -0.15) is 0 Å². The third-order valence-electron chi connectivity index (χ3n) is 13.3. The molecule has 85 heavy (non-hydrogen) atoms. The fourth-order valence-electron chi connectivity index (χ4n) is 7.32. The molecule has 0 aliphatic rings. The third kappa shape index (κ3) is 101. The molecule has 0 saturated heterocycles. The lowest BCUT2D eigenvalue weighted by Crippen LogP contribution is -2.21. The highest BCUT2D eigenvalue weighted by Crippen LogP contribution is 2.19. The number of carboxylic acids is 8. The van der Waals surface area contributed by atoms with Crippen LogP contribution in [0.3, 0.4) is 0 Å². The lowest BCUT2D eigenvalue weighted by Gasteiger charge is -2.14. The molecule has 1 aromatic carbocycles. The maximum Gasteiger partial charge on any atom is 0.339 e. The first-order chi connectivity index (χ1) is 40.3. The smallest absolute Gasteiger partial charge is 0.339 e. The quantitative estimate of drug-likeness (QED) is 0.0274. The van der Waals surface area contributed by atoms with Gasteiger partial charge in [-0.25, -0.2) is 4.79 Å². The zero-order valence-electron chi connectivity index (χ0n) is 55.2. The van der Waals surface area contributed by atoms with Gasteiger partial charge in [-0.15, -0.1) is 0 Å². The summed E-state index contributed by atoms with van der Waals surface area (Å²) < 4.78 is 0. The molecule has 9 N–H and O–H groups in total. The summed E-state index contributed by atoms with van der Waals surface area (Å²) in [5.74, 6) is -6.04. The summed E-state index contributed by atoms with van der Waals surface area (Å²) in [6.07, 6.45) is 46.0. The zero-order chi connectivity index (χ0) is 66.2. The van der Waals surface area contributed by atoms with Crippen LogP contribution in [0.15, 0.2) is 24.3 Å². The van der Waals surface area contributed by atoms with Crippen LogP contribution in [0, 0.1) is 5.41 Å². The SMILES string of the molecule is CCC(C)(C)C(=O)O.CCCCCC(=O)O.CCCCCCC(=O)O.CCCCCCCC(=O)O.CCCCCCCCCC(=O)O.CCCCCCCCCCC(=O)O.CCCCCCCCCCCCC(=O)O.O=C(O)c1ccccc1O. The molecule has 17 nitrogen and oxygen atoms in total. The lowest BCUT2D eigenvalue weighted by molar-refractivity contribution is -0.147. The lowest BCUT2D eigenvalue weighted by atomic mass is 9.91. The number of benzene rings is 1. The van der Waals surface area contributed by atoms with Crippen LogP contribution >= 0.6 is 0 Å². The van der Waals surface area contributed by atoms with E-state index >= 15 is 0 Å². The number of aliphatic carboxylic acids is 7. The van der Waals surface area contributed by atoms with Crippen molar-refractivity contribution in [3.05, 3.63) is 29.8 Å². The summed E-state index contributed by atoms with van der Waals surface area (Å²) in [4.78, 5) is 80.9. The van der Waals surface area contributed by atoms with Crippen LogP contribution < -0.4 is 0 Å². The summed E-state index contributed by atoms with van der Waals surface area (Å²) in [6.45, 7) is 18.3. The van der Waals surface area contributed by atoms with E-state index in [9.17, 15) is 38.4 Å². The Morgan fingerprint density at radius 1 is 0.294 bits per heavy atom. The van der Waals surface area contributed by atoms with Crippen molar-refractivity contribution in [3.63, 3.8) is 0 Å². The Hall–Kier alpha value is -5.22. The molecule has 0 fully saturated rings. The predicted molar refractivity (Wildman–Crippen MR) is 345 cm³/mol. The summed E-state index contributed by atoms with van der Waals surface area (Å²) in [5.41, 5.74) is -0.609. The number of carboxylic acid groups (broad SMARTS) is 8. The van der Waals surface area contributed by atoms with E-state index < -0.39 is 53.2 Å². The molecule has 502 valence electrons. The normalized spacial score (nSPS) is 9.99. The van der Waals surface area contributed by atoms with E-state index in [-0.39, 0.29) is 11.3 Å². The second-order valence-corrected chi connectivity index (χ2v) is 22.2. The Kier molecular flexibility index (Phi) is 84.5. The second kappa shape index (κ2) is 76.8. The maximum atomic E-state index is 10.3. The van der Waals surface area contributed by atoms with Crippen LogP contribution in [0.25, 0.3) is 0 Å². The van der Waals surface area contributed by atoms with Crippen molar-refractivity contribution in [2.45, 2.75) is 345 Å². The van der Waals surface area contributed by atoms with Gasteiger partial charge in [-0.05, 0) is 70.9 Å². The largest absolute Gasteiger partial charge is 0.507 e. The molecule has 0 saturated carbocycles. The van der Waals surface area contributed by atoms with Crippen LogP contribution in [0.2, 0.25) is 0 Å². The molecule has 0 aliphatic heterocycles. The maximum absolute atomic E-state index is 10.3. The summed E-state index contributed by atoms with van der Waals surface area (Å²) in [5, 5.41) is 75.5. The van der Waals surface area contributed by atoms with Crippen molar-refractivity contribution in [2.24, 2.45) is 5.41 Å². The molecule has 1 aromatic rings. The third-order valence-corrected chi connectivity index (χ3v) is 13.3. The Morgan fingerprint density at radius 3 is 0.624 bits per heavy atom. The van der Waals surface area contributed by atoms with Crippen molar-refractivity contribution >= 4 is 47.8 Å². The van der Waals surface area contributed by atoms with E-state index in [0.717, 1.165) is 89.9 Å². The molecule has 0 aromatic heterocycles. The summed E-state index contributed by atoms with van der Waals surface area (Å²) >= 11 is 0. The average Bonchev–Trinajstić information content (AvgIpc) is 3.44. The van der Waals surface area contributed by atoms with Gasteiger partial charge in [-0.3, -0.25) is 33.6 Å². The van der Waals surface area contributed by atoms with Crippen LogP contribution in [-0.4, -0.2) is 93.7 Å². The molecule has 1 rings (SSSR count). The number of hydrogen-bond donors (Lipinski definition) is 9. The van der Waals surface area contributed by atoms with E-state index in [2.05, 4.69) is 41.5 Å². The van der Waals surface area contributed by atoms with E-state index in [1.54, 1.807) is 26.0 Å². The van der Waals surface area contributed by atoms with Crippen molar-refractivity contribution in [1.82, 2.24) is 0 Å². The molecule has 17 heteroatoms. The van der Waals surface area contributed by atoms with Crippen molar-refractivity contribution in [1.29, 1.82) is 0 Å². The molecule has 0 radical (unpaired) electrons. The van der Waals surface area contributed by atoms with Crippen LogP contribution in [0.5, 0.6) is 5.75 Å². The number of aromatic hydroxyl groups is 1. The fourth-order valence-corrected chi connectivity index (χ4v) is 7.32. The Balaban J connectivity index is -0.000000165. The first-order valence-corrected chi connectivity index (χ1v) is 32.9. The van der Waals surface area contributed by atoms with Crippen LogP contribution in [0.1, 0.15) is 355 Å². The van der Waals surface area contributed by atoms with Gasteiger partial charge in [-0.1, -0.05) is 260 Å². The first kappa shape index (κ1) is 93.5. The number of carbonyl (C=O) groups is 8. The Labute approximate surface area is 516 Å². The standard InChI is InChI=1S/C13H26O2.C11H22O2.C10H20O2.C8H16O2.C7H6O3.C7H14O2.2C6H12O2/c1-2-3-4-5-6-7-8-9-10-11-12-13(14)15;1-2-3-4-5-6-7-8-9-10-11(12)13;1-2-3-4-5-6-7-8-9-10(11)12;1-2-3-4-5-6-7-8(9)10;8-6-4-2-1-3-5(6)7(9)10;1-2-3-4-5-6-7(8)9;1-4-6(2,3)5(7)8;1-2-3-4-5-6(7)8/h2-12H2,1H3,(H,14,15);2-10H2,1H3,(H,12,13);2-9H2,1H3,(H,11,12);2-7H2,1H3,(H,9,10);1-4,8H,(H,9,10);2-6H2,1H3,(H,8,9);4H2,1-3H3,(H,7,8);2-5H2,1H3,(H,7,8). The van der Waals surface area contributed by atoms with Crippen molar-refractivity contribution in [3.8, 4) is 5.75 Å². The van der Waals surface area contributed by atoms with Crippen molar-refractivity contribution in [2.75, 3.05) is 0 Å². The van der Waals surface area contributed by atoms with Crippen LogP contribution in [-0.2, 0) is 33.6 Å². The monoisotopic (exact) mass is 1220 g/mol. The minimum absolute atomic E-state index is 0.0671. The predicted octanol–water partition coefficient (Wildman–Crippen LogP) is 19.9. The highest BCUT2D eigenvalue weighted by atomic mass is 16.4. The molecule has 0 bridgehead atoms. The number of hydrogen-bond acceptors (Lipinski definition) is 9. The number of phenols is 1. The minimum Gasteiger partial charge on any atom is -0.507 e. The van der Waals surface area contributed by atoms with E-state index in [4.69, 9.17) is 46.0 Å². The molecular formula is C68H128O17. The molecule has 0 unspecified atom stereocenters. The highest BCUT2D eigenvalue weighted by Gasteiger charge is 2.23. The molecule has 0 atom stereocenters. The average molecular weight is 1220 g/mol. The summed E-state index contributed by atoms with van der Waals surface area (Å²) in [7, 11) is 0. The number of aromatic carboxylic acids is 1. The Bertz CT molecular complexity index is 1660. The van der Waals surface area contributed by atoms with Gasteiger partial charge < -0.3 is 46.0 Å². The second-order valence-electron chi connectivity index (χ2n) is 22.2. The molecular weight excluding hydrogens is 1090 g/mol. The first-order valence-electron chi connectivity index (χ1n) is 32.9.